The van der Waals surface area contributed by atoms with Gasteiger partial charge >= 0.3 is 6.03 Å². The van der Waals surface area contributed by atoms with E-state index in [1.807, 2.05) is 41.8 Å². The zero-order valence-electron chi connectivity index (χ0n) is 17.4. The van der Waals surface area contributed by atoms with Gasteiger partial charge in [0.05, 0.1) is 10.6 Å². The molecule has 0 saturated carbocycles. The Morgan fingerprint density at radius 1 is 1.06 bits per heavy atom. The summed E-state index contributed by atoms with van der Waals surface area (Å²) >= 11 is 2.52. The average molecular weight is 465 g/mol. The number of thioether (sulfide) groups is 1. The highest BCUT2D eigenvalue weighted by atomic mass is 32.2. The number of thiophene rings is 1. The molecule has 1 atom stereocenters. The van der Waals surface area contributed by atoms with Crippen LogP contribution >= 0.6 is 23.1 Å². The lowest BCUT2D eigenvalue weighted by Gasteiger charge is -2.13. The Balaban J connectivity index is 1.51. The van der Waals surface area contributed by atoms with Gasteiger partial charge in [-0.2, -0.15) is 0 Å². The molecule has 0 spiro atoms. The minimum absolute atomic E-state index is 0.174. The summed E-state index contributed by atoms with van der Waals surface area (Å²) in [6, 6.07) is 17.9. The highest BCUT2D eigenvalue weighted by molar-refractivity contribution is 8.00. The van der Waals surface area contributed by atoms with Crippen LogP contribution in [0.1, 0.15) is 6.92 Å². The summed E-state index contributed by atoms with van der Waals surface area (Å²) in [6.07, 6.45) is 0. The molecule has 2 aromatic carbocycles. The van der Waals surface area contributed by atoms with E-state index in [1.165, 1.54) is 15.9 Å². The van der Waals surface area contributed by atoms with Gasteiger partial charge in [-0.3, -0.25) is 19.5 Å². The molecular weight excluding hydrogens is 444 g/mol. The Morgan fingerprint density at radius 3 is 2.41 bits per heavy atom. The van der Waals surface area contributed by atoms with Crippen LogP contribution < -0.4 is 16.2 Å². The van der Waals surface area contributed by atoms with Crippen LogP contribution in [-0.2, 0) is 11.8 Å². The number of fused-ring (bicyclic) bond motifs is 1. The van der Waals surface area contributed by atoms with Crippen LogP contribution in [0.4, 0.5) is 10.5 Å². The van der Waals surface area contributed by atoms with Crippen LogP contribution in [0, 0.1) is 0 Å². The number of benzene rings is 2. The number of imide groups is 1. The van der Waals surface area contributed by atoms with E-state index in [9.17, 15) is 14.4 Å². The molecule has 0 radical (unpaired) electrons. The Bertz CT molecular complexity index is 1330. The number of nitrogens with one attached hydrogen (secondary N) is 2. The highest BCUT2D eigenvalue weighted by Crippen LogP contribution is 2.32. The summed E-state index contributed by atoms with van der Waals surface area (Å²) in [5.41, 5.74) is 2.21. The molecule has 2 aromatic heterocycles. The second-order valence-electron chi connectivity index (χ2n) is 7.02. The molecule has 4 aromatic rings. The van der Waals surface area contributed by atoms with Crippen molar-refractivity contribution in [3.63, 3.8) is 0 Å². The number of amides is 3. The van der Waals surface area contributed by atoms with Gasteiger partial charge in [0, 0.05) is 23.7 Å². The summed E-state index contributed by atoms with van der Waals surface area (Å²) in [6.45, 7) is 1.66. The van der Waals surface area contributed by atoms with Gasteiger partial charge in [-0.25, -0.2) is 9.78 Å². The zero-order valence-corrected chi connectivity index (χ0v) is 19.0. The SMILES string of the molecule is CC(Sc1nc2scc(-c3ccccc3)c2c(=O)n1C)C(=O)NC(=O)Nc1ccccc1. The second kappa shape index (κ2) is 9.37. The van der Waals surface area contributed by atoms with Crippen LogP contribution in [0.2, 0.25) is 0 Å². The maximum atomic E-state index is 13.1. The van der Waals surface area contributed by atoms with Crippen molar-refractivity contribution in [2.45, 2.75) is 17.3 Å². The standard InChI is InChI=1S/C23H20N4O3S2/c1-14(19(28)25-22(30)24-16-11-7-4-8-12-16)32-23-26-20-18(21(29)27(23)2)17(13-31-20)15-9-5-3-6-10-15/h3-14H,1-2H3,(H2,24,25,28,30). The molecule has 9 heteroatoms. The first-order valence-corrected chi connectivity index (χ1v) is 11.6. The molecule has 7 nitrogen and oxygen atoms in total. The number of anilines is 1. The maximum Gasteiger partial charge on any atom is 0.325 e. The number of urea groups is 1. The number of hydrogen-bond donors (Lipinski definition) is 2. The lowest BCUT2D eigenvalue weighted by atomic mass is 10.1. The number of carbonyl (C=O) groups is 2. The lowest BCUT2D eigenvalue weighted by molar-refractivity contribution is -0.119. The van der Waals surface area contributed by atoms with Crippen molar-refractivity contribution in [2.75, 3.05) is 5.32 Å². The summed E-state index contributed by atoms with van der Waals surface area (Å²) in [5.74, 6) is -0.478. The van der Waals surface area contributed by atoms with Crippen molar-refractivity contribution in [2.24, 2.45) is 7.05 Å². The van der Waals surface area contributed by atoms with E-state index in [2.05, 4.69) is 15.6 Å². The van der Waals surface area contributed by atoms with E-state index < -0.39 is 17.2 Å². The monoisotopic (exact) mass is 464 g/mol. The van der Waals surface area contributed by atoms with Crippen LogP contribution in [0.3, 0.4) is 0 Å². The molecule has 0 saturated heterocycles. The quantitative estimate of drug-likeness (QED) is 0.335. The Kier molecular flexibility index (Phi) is 6.38. The summed E-state index contributed by atoms with van der Waals surface area (Å²) < 4.78 is 1.44. The topological polar surface area (TPSA) is 93.1 Å². The van der Waals surface area contributed by atoms with Gasteiger partial charge in [-0.05, 0) is 24.6 Å². The van der Waals surface area contributed by atoms with Gasteiger partial charge in [0.15, 0.2) is 5.16 Å². The smallest absolute Gasteiger partial charge is 0.308 e. The number of rotatable bonds is 5. The van der Waals surface area contributed by atoms with E-state index in [-0.39, 0.29) is 5.56 Å². The number of para-hydroxylation sites is 1. The number of aromatic nitrogens is 2. The predicted octanol–water partition coefficient (Wildman–Crippen LogP) is 4.49. The fraction of sp³-hybridized carbons (Fsp3) is 0.130. The van der Waals surface area contributed by atoms with Crippen LogP contribution in [-0.4, -0.2) is 26.7 Å². The molecule has 2 heterocycles. The average Bonchev–Trinajstić information content (AvgIpc) is 3.22. The van der Waals surface area contributed by atoms with Gasteiger partial charge in [-0.15, -0.1) is 11.3 Å². The Morgan fingerprint density at radius 2 is 1.72 bits per heavy atom. The van der Waals surface area contributed by atoms with Crippen molar-refractivity contribution in [3.8, 4) is 11.1 Å². The molecule has 2 N–H and O–H groups in total. The fourth-order valence-electron chi connectivity index (χ4n) is 3.10. The highest BCUT2D eigenvalue weighted by Gasteiger charge is 2.21. The van der Waals surface area contributed by atoms with E-state index in [0.717, 1.165) is 22.9 Å². The first-order valence-electron chi connectivity index (χ1n) is 9.81. The van der Waals surface area contributed by atoms with Gasteiger partial charge in [0.2, 0.25) is 5.91 Å². The number of nitrogens with zero attached hydrogens (tertiary/aromatic N) is 2. The second-order valence-corrected chi connectivity index (χ2v) is 9.19. The third kappa shape index (κ3) is 4.58. The Hall–Kier alpha value is -3.43. The minimum atomic E-state index is -0.638. The first-order chi connectivity index (χ1) is 15.4. The zero-order chi connectivity index (χ0) is 22.7. The van der Waals surface area contributed by atoms with Crippen LogP contribution in [0.25, 0.3) is 21.3 Å². The van der Waals surface area contributed by atoms with Crippen molar-refractivity contribution in [1.29, 1.82) is 0 Å². The van der Waals surface area contributed by atoms with Crippen molar-refractivity contribution >= 4 is 50.9 Å². The first kappa shape index (κ1) is 21.8. The molecule has 4 rings (SSSR count). The van der Waals surface area contributed by atoms with Crippen molar-refractivity contribution < 1.29 is 9.59 Å². The molecule has 0 fully saturated rings. The number of hydrogen-bond acceptors (Lipinski definition) is 6. The molecule has 162 valence electrons. The molecule has 0 aliphatic rings. The van der Waals surface area contributed by atoms with E-state index in [4.69, 9.17) is 0 Å². The van der Waals surface area contributed by atoms with Crippen LogP contribution in [0.5, 0.6) is 0 Å². The number of carbonyl (C=O) groups excluding carboxylic acids is 2. The molecular formula is C23H20N4O3S2. The molecule has 1 unspecified atom stereocenters. The van der Waals surface area contributed by atoms with Gasteiger partial charge in [-0.1, -0.05) is 60.3 Å². The van der Waals surface area contributed by atoms with E-state index in [0.29, 0.717) is 21.1 Å². The lowest BCUT2D eigenvalue weighted by Crippen LogP contribution is -2.39. The van der Waals surface area contributed by atoms with E-state index in [1.54, 1.807) is 38.2 Å². The fourth-order valence-corrected chi connectivity index (χ4v) is 4.96. The molecule has 3 amide bonds. The van der Waals surface area contributed by atoms with Gasteiger partial charge < -0.3 is 5.32 Å². The third-order valence-electron chi connectivity index (χ3n) is 4.78. The maximum absolute atomic E-state index is 13.1. The third-order valence-corrected chi connectivity index (χ3v) is 6.79. The predicted molar refractivity (Wildman–Crippen MR) is 129 cm³/mol. The minimum Gasteiger partial charge on any atom is -0.308 e. The largest absolute Gasteiger partial charge is 0.325 e. The summed E-state index contributed by atoms with van der Waals surface area (Å²) in [5, 5.41) is 7.19. The normalized spacial score (nSPS) is 11.8. The Labute approximate surface area is 192 Å². The van der Waals surface area contributed by atoms with E-state index >= 15 is 0 Å². The van der Waals surface area contributed by atoms with Crippen molar-refractivity contribution in [1.82, 2.24) is 14.9 Å². The van der Waals surface area contributed by atoms with Crippen LogP contribution in [0.15, 0.2) is 76.0 Å². The van der Waals surface area contributed by atoms with Crippen molar-refractivity contribution in [3.05, 3.63) is 76.4 Å². The van der Waals surface area contributed by atoms with Gasteiger partial charge in [0.1, 0.15) is 4.83 Å². The molecule has 0 aliphatic carbocycles. The summed E-state index contributed by atoms with van der Waals surface area (Å²) in [4.78, 5) is 42.9. The summed E-state index contributed by atoms with van der Waals surface area (Å²) in [7, 11) is 1.64. The molecule has 32 heavy (non-hydrogen) atoms. The molecule has 0 aliphatic heterocycles. The molecule has 0 bridgehead atoms. The van der Waals surface area contributed by atoms with Gasteiger partial charge in [0.25, 0.3) is 5.56 Å².